The molecule has 3 rings (SSSR count). The first kappa shape index (κ1) is 21.9. The Morgan fingerprint density at radius 2 is 2.10 bits per heavy atom. The van der Waals surface area contributed by atoms with Gasteiger partial charge >= 0.3 is 0 Å². The normalized spacial score (nSPS) is 27.3. The lowest BCUT2D eigenvalue weighted by atomic mass is 10.0. The van der Waals surface area contributed by atoms with Gasteiger partial charge in [0.2, 0.25) is 5.91 Å². The highest BCUT2D eigenvalue weighted by Crippen LogP contribution is 2.38. The van der Waals surface area contributed by atoms with E-state index in [9.17, 15) is 30.1 Å². The molecular formula is C16H23N7O7. The summed E-state index contributed by atoms with van der Waals surface area (Å²) in [5.41, 5.74) is 5.24. The minimum Gasteiger partial charge on any atom is -0.394 e. The fraction of sp³-hybridized carbons (Fsp3) is 0.562. The van der Waals surface area contributed by atoms with Crippen molar-refractivity contribution in [1.82, 2.24) is 30.3 Å². The lowest BCUT2D eigenvalue weighted by Gasteiger charge is -2.32. The van der Waals surface area contributed by atoms with Crippen molar-refractivity contribution in [2.45, 2.75) is 49.8 Å². The number of nitrogen functional groups attached to an aromatic ring is 1. The van der Waals surface area contributed by atoms with Gasteiger partial charge in [0, 0.05) is 0 Å². The van der Waals surface area contributed by atoms with Gasteiger partial charge in [0.05, 0.1) is 6.61 Å². The number of imidazole rings is 1. The highest BCUT2D eigenvalue weighted by atomic mass is 16.6. The van der Waals surface area contributed by atoms with Gasteiger partial charge < -0.3 is 31.0 Å². The third-order valence-electron chi connectivity index (χ3n) is 4.95. The highest BCUT2D eigenvalue weighted by Gasteiger charge is 2.61. The van der Waals surface area contributed by atoms with Gasteiger partial charge in [-0.3, -0.25) is 19.5 Å². The number of ether oxygens (including phenoxy) is 1. The molecule has 1 aliphatic rings. The number of carbonyl (C=O) groups excluding carboxylic acids is 2. The summed E-state index contributed by atoms with van der Waals surface area (Å²) in [5, 5.41) is 41.8. The number of aromatic nitrogens is 4. The SMILES string of the molecule is CCCC(NO)C(=O)NC(=O)[C@@]1(n2cnc3c(N)ncnc32)O[C@H](CO)[C@@H](O)[C@H]1O. The number of nitrogens with zero attached hydrogens (tertiary/aromatic N) is 4. The Morgan fingerprint density at radius 1 is 1.37 bits per heavy atom. The van der Waals surface area contributed by atoms with Gasteiger partial charge in [-0.1, -0.05) is 13.3 Å². The zero-order chi connectivity index (χ0) is 22.1. The molecule has 2 aromatic rings. The minimum atomic E-state index is -2.41. The number of hydrogen-bond donors (Lipinski definition) is 7. The number of amides is 2. The van der Waals surface area contributed by atoms with E-state index in [1.165, 1.54) is 0 Å². The van der Waals surface area contributed by atoms with Gasteiger partial charge in [0.25, 0.3) is 11.6 Å². The molecule has 3 heterocycles. The number of carbonyl (C=O) groups is 2. The predicted octanol–water partition coefficient (Wildman–Crippen LogP) is -3.04. The van der Waals surface area contributed by atoms with Gasteiger partial charge in [-0.2, -0.15) is 5.48 Å². The van der Waals surface area contributed by atoms with Crippen LogP contribution in [0.4, 0.5) is 5.82 Å². The van der Waals surface area contributed by atoms with Crippen LogP contribution < -0.4 is 16.5 Å². The molecule has 30 heavy (non-hydrogen) atoms. The molecular weight excluding hydrogens is 402 g/mol. The van der Waals surface area contributed by atoms with E-state index in [-0.39, 0.29) is 23.4 Å². The maximum Gasteiger partial charge on any atom is 0.283 e. The Morgan fingerprint density at radius 3 is 2.70 bits per heavy atom. The fourth-order valence-electron chi connectivity index (χ4n) is 3.37. The quantitative estimate of drug-likeness (QED) is 0.220. The summed E-state index contributed by atoms with van der Waals surface area (Å²) < 4.78 is 6.58. The third-order valence-corrected chi connectivity index (χ3v) is 4.95. The van der Waals surface area contributed by atoms with Gasteiger partial charge in [-0.15, -0.1) is 0 Å². The van der Waals surface area contributed by atoms with Crippen molar-refractivity contribution >= 4 is 28.8 Å². The van der Waals surface area contributed by atoms with E-state index in [2.05, 4.69) is 20.3 Å². The van der Waals surface area contributed by atoms with Gasteiger partial charge in [0.1, 0.15) is 42.5 Å². The zero-order valence-electron chi connectivity index (χ0n) is 16.0. The number of aliphatic hydroxyl groups is 3. The molecule has 0 saturated carbocycles. The molecule has 0 spiro atoms. The van der Waals surface area contributed by atoms with Crippen LogP contribution in [0.1, 0.15) is 19.8 Å². The first-order chi connectivity index (χ1) is 14.3. The van der Waals surface area contributed by atoms with Crippen molar-refractivity contribution in [3.8, 4) is 0 Å². The smallest absolute Gasteiger partial charge is 0.283 e. The molecule has 0 radical (unpaired) electrons. The van der Waals surface area contributed by atoms with Gasteiger partial charge in [-0.05, 0) is 6.42 Å². The molecule has 8 N–H and O–H groups in total. The number of hydroxylamine groups is 1. The minimum absolute atomic E-state index is 0.00961. The molecule has 0 aromatic carbocycles. The average molecular weight is 425 g/mol. The number of nitrogens with one attached hydrogen (secondary N) is 2. The Hall–Kier alpha value is -2.75. The van der Waals surface area contributed by atoms with Crippen LogP contribution in [0, 0.1) is 0 Å². The van der Waals surface area contributed by atoms with Crippen LogP contribution in [0.3, 0.4) is 0 Å². The molecule has 14 nitrogen and oxygen atoms in total. The number of aliphatic hydroxyl groups excluding tert-OH is 3. The Kier molecular flexibility index (Phi) is 6.25. The second-order valence-corrected chi connectivity index (χ2v) is 6.81. The van der Waals surface area contributed by atoms with Crippen molar-refractivity contribution in [2.75, 3.05) is 12.3 Å². The van der Waals surface area contributed by atoms with Crippen LogP contribution in [0.15, 0.2) is 12.7 Å². The molecule has 2 amide bonds. The molecule has 0 bridgehead atoms. The Bertz CT molecular complexity index is 938. The molecule has 164 valence electrons. The van der Waals surface area contributed by atoms with Crippen molar-refractivity contribution in [3.63, 3.8) is 0 Å². The number of rotatable bonds is 7. The number of hydrogen-bond acceptors (Lipinski definition) is 12. The van der Waals surface area contributed by atoms with E-state index >= 15 is 0 Å². The number of imide groups is 1. The molecule has 1 saturated heterocycles. The summed E-state index contributed by atoms with van der Waals surface area (Å²) in [6.07, 6.45) is -2.01. The van der Waals surface area contributed by atoms with E-state index in [4.69, 9.17) is 10.5 Å². The number of nitrogens with two attached hydrogens (primary N) is 1. The van der Waals surface area contributed by atoms with E-state index in [1.807, 2.05) is 5.48 Å². The van der Waals surface area contributed by atoms with E-state index in [1.54, 1.807) is 6.92 Å². The summed E-state index contributed by atoms with van der Waals surface area (Å²) in [6, 6.07) is -1.11. The van der Waals surface area contributed by atoms with Crippen LogP contribution >= 0.6 is 0 Å². The van der Waals surface area contributed by atoms with Crippen LogP contribution in [-0.2, 0) is 20.1 Å². The first-order valence-corrected chi connectivity index (χ1v) is 9.15. The molecule has 0 aliphatic carbocycles. The lowest BCUT2D eigenvalue weighted by molar-refractivity contribution is -0.177. The fourth-order valence-corrected chi connectivity index (χ4v) is 3.37. The third kappa shape index (κ3) is 3.38. The summed E-state index contributed by atoms with van der Waals surface area (Å²) in [7, 11) is 0. The van der Waals surface area contributed by atoms with Gasteiger partial charge in [-0.25, -0.2) is 15.0 Å². The molecule has 5 atom stereocenters. The van der Waals surface area contributed by atoms with E-state index in [0.29, 0.717) is 6.42 Å². The second-order valence-electron chi connectivity index (χ2n) is 6.81. The topological polar surface area (TPSA) is 218 Å². The monoisotopic (exact) mass is 425 g/mol. The summed E-state index contributed by atoms with van der Waals surface area (Å²) in [4.78, 5) is 37.4. The molecule has 1 fully saturated rings. The summed E-state index contributed by atoms with van der Waals surface area (Å²) in [6.45, 7) is 1.05. The second kappa shape index (κ2) is 8.55. The van der Waals surface area contributed by atoms with Gasteiger partial charge in [0.15, 0.2) is 11.5 Å². The highest BCUT2D eigenvalue weighted by molar-refractivity contribution is 6.01. The summed E-state index contributed by atoms with van der Waals surface area (Å²) in [5.74, 6) is -2.06. The average Bonchev–Trinajstić information content (AvgIpc) is 3.27. The van der Waals surface area contributed by atoms with Crippen LogP contribution in [0.2, 0.25) is 0 Å². The van der Waals surface area contributed by atoms with Crippen molar-refractivity contribution in [3.05, 3.63) is 12.7 Å². The summed E-state index contributed by atoms with van der Waals surface area (Å²) >= 11 is 0. The van der Waals surface area contributed by atoms with Crippen molar-refractivity contribution < 1.29 is 34.9 Å². The van der Waals surface area contributed by atoms with Crippen molar-refractivity contribution in [2.24, 2.45) is 0 Å². The van der Waals surface area contributed by atoms with E-state index < -0.39 is 48.5 Å². The number of anilines is 1. The Balaban J connectivity index is 2.08. The predicted molar refractivity (Wildman–Crippen MR) is 98.4 cm³/mol. The van der Waals surface area contributed by atoms with Crippen molar-refractivity contribution in [1.29, 1.82) is 0 Å². The Labute approximate surface area is 169 Å². The maximum absolute atomic E-state index is 13.2. The first-order valence-electron chi connectivity index (χ1n) is 9.15. The maximum atomic E-state index is 13.2. The zero-order valence-corrected chi connectivity index (χ0v) is 16.0. The molecule has 1 aliphatic heterocycles. The molecule has 1 unspecified atom stereocenters. The van der Waals surface area contributed by atoms with Crippen LogP contribution in [-0.4, -0.2) is 82.8 Å². The van der Waals surface area contributed by atoms with E-state index in [0.717, 1.165) is 17.2 Å². The van der Waals surface area contributed by atoms with Crippen LogP contribution in [0.25, 0.3) is 11.2 Å². The van der Waals surface area contributed by atoms with Crippen LogP contribution in [0.5, 0.6) is 0 Å². The standard InChI is InChI=1S/C16H23N7O7/c1-2-3-7(22-29)14(27)21-15(28)16(11(26)10(25)8(4-24)30-16)23-6-20-9-12(17)18-5-19-13(9)23/h5-8,10-11,22,24-26,29H,2-4H2,1H3,(H2,17,18,19)(H,21,27,28)/t7?,8-,10-,11-,16+/m1/s1. The largest absolute Gasteiger partial charge is 0.394 e. The molecule has 2 aromatic heterocycles. The lowest BCUT2D eigenvalue weighted by Crippen LogP contribution is -2.59. The molecule has 14 heteroatoms. The number of fused-ring (bicyclic) bond motifs is 1.